The number of fused-ring (bicyclic) bond motifs is 10. The highest BCUT2D eigenvalue weighted by molar-refractivity contribution is 8.00. The Morgan fingerprint density at radius 2 is 1.49 bits per heavy atom. The van der Waals surface area contributed by atoms with Gasteiger partial charge in [-0.2, -0.15) is 0 Å². The molecule has 0 fully saturated rings. The highest BCUT2D eigenvalue weighted by Gasteiger charge is 2.52. The van der Waals surface area contributed by atoms with Gasteiger partial charge in [0.15, 0.2) is 0 Å². The molecule has 4 atom stereocenters. The fourth-order valence-electron chi connectivity index (χ4n) is 9.89. The van der Waals surface area contributed by atoms with E-state index in [0.29, 0.717) is 17.1 Å². The summed E-state index contributed by atoms with van der Waals surface area (Å²) in [6, 6.07) is 45.3. The Balaban J connectivity index is 1.05. The summed E-state index contributed by atoms with van der Waals surface area (Å²) < 4.78 is 5.04. The molecule has 2 aliphatic heterocycles. The first-order valence-corrected chi connectivity index (χ1v) is 19.3. The third-order valence-electron chi connectivity index (χ3n) is 12.2. The molecule has 4 heterocycles. The minimum Gasteiger partial charge on any atom is -0.310 e. The molecule has 0 spiro atoms. The molecule has 0 saturated heterocycles. The second-order valence-electron chi connectivity index (χ2n) is 15.3. The van der Waals surface area contributed by atoms with Gasteiger partial charge in [-0.1, -0.05) is 112 Å². The zero-order valence-corrected chi connectivity index (χ0v) is 30.0. The Morgan fingerprint density at radius 1 is 0.686 bits per heavy atom. The molecule has 3 nitrogen and oxygen atoms in total. The third kappa shape index (κ3) is 4.14. The van der Waals surface area contributed by atoms with Gasteiger partial charge in [-0.05, 0) is 95.0 Å². The average molecular weight is 678 g/mol. The molecule has 0 radical (unpaired) electrons. The first-order valence-electron chi connectivity index (χ1n) is 18.4. The molecule has 248 valence electrons. The van der Waals surface area contributed by atoms with Crippen LogP contribution in [0.3, 0.4) is 0 Å². The van der Waals surface area contributed by atoms with Crippen LogP contribution in [0.1, 0.15) is 84.3 Å². The predicted octanol–water partition coefficient (Wildman–Crippen LogP) is 12.3. The second kappa shape index (κ2) is 10.7. The molecule has 4 unspecified atom stereocenters. The van der Waals surface area contributed by atoms with E-state index in [0.717, 1.165) is 12.8 Å². The highest BCUT2D eigenvalue weighted by Crippen LogP contribution is 2.66. The maximum Gasteiger partial charge on any atom is 0.0886 e. The number of para-hydroxylation sites is 1. The summed E-state index contributed by atoms with van der Waals surface area (Å²) in [5.41, 5.74) is 16.2. The SMILES string of the molecule is CC1CC=Cc2c1c1ccccc1n2-c1cccc(C2=CN2n2c3c(c4cc(-c5ccccc5)ccc42)C2Sc4ccccc4C2(C)CC3C)c1. The minimum absolute atomic E-state index is 0.0869. The molecule has 0 N–H and O–H groups in total. The van der Waals surface area contributed by atoms with Gasteiger partial charge in [-0.3, -0.25) is 9.69 Å². The predicted molar refractivity (Wildman–Crippen MR) is 214 cm³/mol. The van der Waals surface area contributed by atoms with Crippen LogP contribution < -0.4 is 5.01 Å². The van der Waals surface area contributed by atoms with E-state index in [-0.39, 0.29) is 5.41 Å². The molecule has 0 saturated carbocycles. The number of allylic oxidation sites excluding steroid dienone is 1. The van der Waals surface area contributed by atoms with Crippen LogP contribution in [0.25, 0.3) is 50.4 Å². The standard InChI is InChI=1S/C47H39N3S/c1-29-13-11-21-40-43(29)35-18-7-9-20-38(35)49(40)34-17-12-16-33(25-34)41-28-48(41)50-39-24-23-32(31-14-5-4-6-15-31)26-36(39)44-45(50)30(2)27-47(3)37-19-8-10-22-42(37)51-46(44)47/h4-12,14-26,28-30,46H,13,27H2,1-3H3. The fraction of sp³-hybridized carbons (Fsp3) is 0.191. The Morgan fingerprint density at radius 3 is 2.39 bits per heavy atom. The maximum absolute atomic E-state index is 2.56. The summed E-state index contributed by atoms with van der Waals surface area (Å²) in [6.07, 6.45) is 9.24. The lowest BCUT2D eigenvalue weighted by Gasteiger charge is -2.40. The smallest absolute Gasteiger partial charge is 0.0886 e. The molecular formula is C47H39N3S. The summed E-state index contributed by atoms with van der Waals surface area (Å²) in [5, 5.41) is 5.55. The van der Waals surface area contributed by atoms with Crippen molar-refractivity contribution in [3.63, 3.8) is 0 Å². The summed E-state index contributed by atoms with van der Waals surface area (Å²) in [4.78, 5) is 1.44. The van der Waals surface area contributed by atoms with Crippen LogP contribution in [0.4, 0.5) is 0 Å². The number of thioether (sulfide) groups is 1. The first kappa shape index (κ1) is 29.5. The van der Waals surface area contributed by atoms with Crippen molar-refractivity contribution >= 4 is 45.3 Å². The van der Waals surface area contributed by atoms with Crippen molar-refractivity contribution in [3.05, 3.63) is 167 Å². The molecule has 51 heavy (non-hydrogen) atoms. The van der Waals surface area contributed by atoms with E-state index >= 15 is 0 Å². The zero-order chi connectivity index (χ0) is 34.0. The number of hydrogen-bond acceptors (Lipinski definition) is 2. The van der Waals surface area contributed by atoms with Crippen molar-refractivity contribution in [2.24, 2.45) is 0 Å². The van der Waals surface area contributed by atoms with Crippen LogP contribution in [0, 0.1) is 0 Å². The second-order valence-corrected chi connectivity index (χ2v) is 16.5. The molecule has 4 aliphatic rings. The molecule has 5 aromatic carbocycles. The molecule has 0 amide bonds. The van der Waals surface area contributed by atoms with Gasteiger partial charge in [-0.15, -0.1) is 11.8 Å². The largest absolute Gasteiger partial charge is 0.310 e. The van der Waals surface area contributed by atoms with Crippen molar-refractivity contribution in [1.29, 1.82) is 0 Å². The van der Waals surface area contributed by atoms with Gasteiger partial charge in [-0.25, -0.2) is 0 Å². The van der Waals surface area contributed by atoms with E-state index in [1.807, 2.05) is 0 Å². The quantitative estimate of drug-likeness (QED) is 0.184. The van der Waals surface area contributed by atoms with E-state index in [1.54, 1.807) is 0 Å². The Kier molecular flexibility index (Phi) is 6.17. The zero-order valence-electron chi connectivity index (χ0n) is 29.2. The number of benzene rings is 5. The van der Waals surface area contributed by atoms with E-state index in [1.165, 1.54) is 82.9 Å². The van der Waals surface area contributed by atoms with E-state index in [9.17, 15) is 0 Å². The number of hydrogen-bond donors (Lipinski definition) is 0. The van der Waals surface area contributed by atoms with Gasteiger partial charge in [0.1, 0.15) is 0 Å². The van der Waals surface area contributed by atoms with Crippen molar-refractivity contribution in [2.75, 3.05) is 5.01 Å². The van der Waals surface area contributed by atoms with Crippen LogP contribution >= 0.6 is 11.8 Å². The Hall–Kier alpha value is -5.19. The fourth-order valence-corrected chi connectivity index (χ4v) is 11.6. The maximum atomic E-state index is 2.56. The minimum atomic E-state index is 0.0869. The van der Waals surface area contributed by atoms with E-state index in [2.05, 4.69) is 186 Å². The summed E-state index contributed by atoms with van der Waals surface area (Å²) in [5.74, 6) is 0.903. The average Bonchev–Trinajstić information content (AvgIpc) is 3.65. The number of aromatic nitrogens is 2. The van der Waals surface area contributed by atoms with Gasteiger partial charge in [0.05, 0.1) is 22.9 Å². The first-order chi connectivity index (χ1) is 25.0. The molecular weight excluding hydrogens is 639 g/mol. The molecule has 2 aromatic heterocycles. The third-order valence-corrected chi connectivity index (χ3v) is 13.8. The lowest BCUT2D eigenvalue weighted by atomic mass is 9.66. The summed E-state index contributed by atoms with van der Waals surface area (Å²) in [6.45, 7) is 7.34. The van der Waals surface area contributed by atoms with Crippen LogP contribution in [-0.2, 0) is 5.41 Å². The van der Waals surface area contributed by atoms with Crippen LogP contribution in [0.15, 0.2) is 138 Å². The van der Waals surface area contributed by atoms with Crippen molar-refractivity contribution in [2.45, 2.75) is 61.0 Å². The monoisotopic (exact) mass is 677 g/mol. The molecule has 4 heteroatoms. The van der Waals surface area contributed by atoms with E-state index in [4.69, 9.17) is 0 Å². The van der Waals surface area contributed by atoms with Crippen molar-refractivity contribution in [3.8, 4) is 16.8 Å². The van der Waals surface area contributed by atoms with Crippen molar-refractivity contribution < 1.29 is 0 Å². The number of nitrogens with zero attached hydrogens (tertiary/aromatic N) is 3. The molecule has 2 aliphatic carbocycles. The molecule has 0 bridgehead atoms. The van der Waals surface area contributed by atoms with Crippen molar-refractivity contribution in [1.82, 2.24) is 9.24 Å². The van der Waals surface area contributed by atoms with Crippen LogP contribution in [-0.4, -0.2) is 9.24 Å². The topological polar surface area (TPSA) is 12.9 Å². The van der Waals surface area contributed by atoms with Gasteiger partial charge >= 0.3 is 0 Å². The highest BCUT2D eigenvalue weighted by atomic mass is 32.2. The summed E-state index contributed by atoms with van der Waals surface area (Å²) >= 11 is 2.08. The van der Waals surface area contributed by atoms with Gasteiger partial charge in [0.2, 0.25) is 0 Å². The van der Waals surface area contributed by atoms with Crippen LogP contribution in [0.5, 0.6) is 0 Å². The Labute approximate surface area is 303 Å². The normalized spacial score (nSPS) is 22.8. The summed E-state index contributed by atoms with van der Waals surface area (Å²) in [7, 11) is 0. The lowest BCUT2D eigenvalue weighted by molar-refractivity contribution is 0.362. The Bertz CT molecular complexity index is 2640. The van der Waals surface area contributed by atoms with Gasteiger partial charge in [0, 0.05) is 49.0 Å². The van der Waals surface area contributed by atoms with Crippen LogP contribution in [0.2, 0.25) is 0 Å². The van der Waals surface area contributed by atoms with E-state index < -0.39 is 0 Å². The molecule has 11 rings (SSSR count). The van der Waals surface area contributed by atoms with Gasteiger partial charge < -0.3 is 4.57 Å². The lowest BCUT2D eigenvalue weighted by Crippen LogP contribution is -2.33. The number of rotatable bonds is 4. The van der Waals surface area contributed by atoms with Gasteiger partial charge in [0.25, 0.3) is 0 Å². The molecule has 7 aromatic rings.